The summed E-state index contributed by atoms with van der Waals surface area (Å²) in [6, 6.07) is 23.4. The van der Waals surface area contributed by atoms with E-state index in [-0.39, 0.29) is 25.0 Å². The molecule has 0 aliphatic carbocycles. The molecule has 0 saturated carbocycles. The van der Waals surface area contributed by atoms with Crippen molar-refractivity contribution in [3.8, 4) is 5.75 Å². The van der Waals surface area contributed by atoms with Crippen LogP contribution in [0.25, 0.3) is 0 Å². The maximum atomic E-state index is 12.6. The van der Waals surface area contributed by atoms with E-state index in [4.69, 9.17) is 9.47 Å². The van der Waals surface area contributed by atoms with E-state index >= 15 is 0 Å². The molecule has 170 valence electrons. The first-order valence-corrected chi connectivity index (χ1v) is 10.7. The van der Waals surface area contributed by atoms with E-state index in [0.717, 1.165) is 11.1 Å². The van der Waals surface area contributed by atoms with Crippen LogP contribution in [0.3, 0.4) is 0 Å². The van der Waals surface area contributed by atoms with Crippen LogP contribution in [-0.4, -0.2) is 48.2 Å². The van der Waals surface area contributed by atoms with Crippen LogP contribution in [-0.2, 0) is 16.1 Å². The summed E-state index contributed by atoms with van der Waals surface area (Å²) < 4.78 is 11.1. The molecule has 0 bridgehead atoms. The Kier molecular flexibility index (Phi) is 7.02. The van der Waals surface area contributed by atoms with E-state index in [0.29, 0.717) is 23.5 Å². The van der Waals surface area contributed by atoms with Gasteiger partial charge < -0.3 is 24.8 Å². The van der Waals surface area contributed by atoms with Gasteiger partial charge in [0.2, 0.25) is 5.91 Å². The fraction of sp³-hybridized carbons (Fsp3) is 0.231. The molecule has 4 rings (SSSR count). The summed E-state index contributed by atoms with van der Waals surface area (Å²) in [5.74, 6) is 0.0630. The third-order valence-corrected chi connectivity index (χ3v) is 5.69. The highest BCUT2D eigenvalue weighted by atomic mass is 16.5. The zero-order valence-electron chi connectivity index (χ0n) is 18.3. The number of amides is 2. The van der Waals surface area contributed by atoms with Gasteiger partial charge in [-0.05, 0) is 35.4 Å². The predicted octanol–water partition coefficient (Wildman–Crippen LogP) is 3.41. The van der Waals surface area contributed by atoms with Crippen molar-refractivity contribution in [3.05, 3.63) is 95.6 Å². The number of benzene rings is 3. The first kappa shape index (κ1) is 22.5. The van der Waals surface area contributed by atoms with Gasteiger partial charge in [-0.25, -0.2) is 0 Å². The fourth-order valence-electron chi connectivity index (χ4n) is 3.99. The minimum absolute atomic E-state index is 0.0553. The van der Waals surface area contributed by atoms with E-state index in [1.54, 1.807) is 41.3 Å². The van der Waals surface area contributed by atoms with Gasteiger partial charge in [-0.1, -0.05) is 54.6 Å². The van der Waals surface area contributed by atoms with Gasteiger partial charge in [0, 0.05) is 12.2 Å². The van der Waals surface area contributed by atoms with Crippen LogP contribution < -0.4 is 10.1 Å². The molecular formula is C26H26N2O5. The van der Waals surface area contributed by atoms with Crippen molar-refractivity contribution in [2.24, 2.45) is 0 Å². The standard InChI is InChI=1S/C26H26N2O5/c1-32-23-10-6-5-9-21(23)26(31)27-20-13-11-19(12-14-20)25-22(16-29)28(24(30)17-33-25)15-18-7-3-2-4-8-18/h2-14,22,25,29H,15-17H2,1H3,(H,27,31). The molecule has 1 aliphatic rings. The number of nitrogens with zero attached hydrogens (tertiary/aromatic N) is 1. The summed E-state index contributed by atoms with van der Waals surface area (Å²) in [5, 5.41) is 13.0. The number of hydrogen-bond acceptors (Lipinski definition) is 5. The molecule has 2 N–H and O–H groups in total. The lowest BCUT2D eigenvalue weighted by Gasteiger charge is -2.40. The first-order valence-electron chi connectivity index (χ1n) is 10.7. The van der Waals surface area contributed by atoms with Crippen LogP contribution in [0.5, 0.6) is 5.75 Å². The van der Waals surface area contributed by atoms with Crippen molar-refractivity contribution in [1.29, 1.82) is 0 Å². The number of carbonyl (C=O) groups is 2. The van der Waals surface area contributed by atoms with Crippen molar-refractivity contribution < 1.29 is 24.2 Å². The molecule has 1 heterocycles. The normalized spacial score (nSPS) is 18.1. The Morgan fingerprint density at radius 1 is 1.06 bits per heavy atom. The Morgan fingerprint density at radius 2 is 1.76 bits per heavy atom. The summed E-state index contributed by atoms with van der Waals surface area (Å²) >= 11 is 0. The van der Waals surface area contributed by atoms with Gasteiger partial charge in [0.1, 0.15) is 18.5 Å². The van der Waals surface area contributed by atoms with Crippen LogP contribution in [0.15, 0.2) is 78.9 Å². The number of para-hydroxylation sites is 1. The van der Waals surface area contributed by atoms with Gasteiger partial charge in [0.15, 0.2) is 0 Å². The predicted molar refractivity (Wildman–Crippen MR) is 124 cm³/mol. The maximum Gasteiger partial charge on any atom is 0.259 e. The van der Waals surface area contributed by atoms with E-state index in [2.05, 4.69) is 5.32 Å². The minimum Gasteiger partial charge on any atom is -0.496 e. The number of aliphatic hydroxyl groups is 1. The van der Waals surface area contributed by atoms with Gasteiger partial charge in [-0.15, -0.1) is 0 Å². The molecule has 2 amide bonds. The molecule has 3 aromatic rings. The quantitative estimate of drug-likeness (QED) is 0.581. The van der Waals surface area contributed by atoms with Crippen molar-refractivity contribution >= 4 is 17.5 Å². The highest BCUT2D eigenvalue weighted by Gasteiger charge is 2.37. The lowest BCUT2D eigenvalue weighted by molar-refractivity contribution is -0.162. The van der Waals surface area contributed by atoms with Crippen molar-refractivity contribution in [1.82, 2.24) is 4.90 Å². The Balaban J connectivity index is 1.49. The smallest absolute Gasteiger partial charge is 0.259 e. The van der Waals surface area contributed by atoms with Gasteiger partial charge in [-0.2, -0.15) is 0 Å². The van der Waals surface area contributed by atoms with E-state index in [1.165, 1.54) is 7.11 Å². The average molecular weight is 447 g/mol. The molecule has 3 aromatic carbocycles. The molecule has 33 heavy (non-hydrogen) atoms. The minimum atomic E-state index is -0.513. The number of morpholine rings is 1. The molecule has 0 aromatic heterocycles. The molecule has 2 atom stereocenters. The Labute approximate surface area is 192 Å². The summed E-state index contributed by atoms with van der Waals surface area (Å²) in [7, 11) is 1.52. The number of anilines is 1. The van der Waals surface area contributed by atoms with Crippen molar-refractivity contribution in [2.45, 2.75) is 18.7 Å². The molecule has 1 saturated heterocycles. The van der Waals surface area contributed by atoms with Crippen LogP contribution in [0.1, 0.15) is 27.6 Å². The number of nitrogens with one attached hydrogen (secondary N) is 1. The molecular weight excluding hydrogens is 420 g/mol. The molecule has 0 spiro atoms. The monoisotopic (exact) mass is 446 g/mol. The van der Waals surface area contributed by atoms with E-state index in [1.807, 2.05) is 42.5 Å². The van der Waals surface area contributed by atoms with E-state index in [9.17, 15) is 14.7 Å². The second-order valence-corrected chi connectivity index (χ2v) is 7.77. The second kappa shape index (κ2) is 10.3. The molecule has 1 fully saturated rings. The van der Waals surface area contributed by atoms with Crippen LogP contribution >= 0.6 is 0 Å². The lowest BCUT2D eigenvalue weighted by Crippen LogP contribution is -2.52. The number of methoxy groups -OCH3 is 1. The topological polar surface area (TPSA) is 88.1 Å². The van der Waals surface area contributed by atoms with Crippen LogP contribution in [0, 0.1) is 0 Å². The van der Waals surface area contributed by atoms with E-state index < -0.39 is 12.1 Å². The Hall–Kier alpha value is -3.68. The van der Waals surface area contributed by atoms with Gasteiger partial charge in [0.25, 0.3) is 5.91 Å². The van der Waals surface area contributed by atoms with Crippen molar-refractivity contribution in [2.75, 3.05) is 25.6 Å². The second-order valence-electron chi connectivity index (χ2n) is 7.77. The number of hydrogen-bond donors (Lipinski definition) is 2. The maximum absolute atomic E-state index is 12.6. The summed E-state index contributed by atoms with van der Waals surface area (Å²) in [5.41, 5.74) is 2.85. The average Bonchev–Trinajstić information content (AvgIpc) is 2.86. The molecule has 7 nitrogen and oxygen atoms in total. The zero-order chi connectivity index (χ0) is 23.2. The number of rotatable bonds is 7. The first-order chi connectivity index (χ1) is 16.1. The Bertz CT molecular complexity index is 1100. The number of ether oxygens (including phenoxy) is 2. The van der Waals surface area contributed by atoms with Crippen molar-refractivity contribution in [3.63, 3.8) is 0 Å². The SMILES string of the molecule is COc1ccccc1C(=O)Nc1ccc(C2OCC(=O)N(Cc3ccccc3)C2CO)cc1. The van der Waals surface area contributed by atoms with Crippen LogP contribution in [0.4, 0.5) is 5.69 Å². The molecule has 0 radical (unpaired) electrons. The van der Waals surface area contributed by atoms with Gasteiger partial charge in [0.05, 0.1) is 25.3 Å². The van der Waals surface area contributed by atoms with Gasteiger partial charge in [-0.3, -0.25) is 9.59 Å². The lowest BCUT2D eigenvalue weighted by atomic mass is 9.98. The molecule has 7 heteroatoms. The third kappa shape index (κ3) is 5.05. The van der Waals surface area contributed by atoms with Crippen LogP contribution in [0.2, 0.25) is 0 Å². The summed E-state index contributed by atoms with van der Waals surface area (Å²) in [4.78, 5) is 26.8. The summed E-state index contributed by atoms with van der Waals surface area (Å²) in [6.45, 7) is 0.119. The number of aliphatic hydroxyl groups excluding tert-OH is 1. The highest BCUT2D eigenvalue weighted by molar-refractivity contribution is 6.06. The molecule has 1 aliphatic heterocycles. The highest BCUT2D eigenvalue weighted by Crippen LogP contribution is 2.31. The largest absolute Gasteiger partial charge is 0.496 e. The number of carbonyl (C=O) groups excluding carboxylic acids is 2. The fourth-order valence-corrected chi connectivity index (χ4v) is 3.99. The summed E-state index contributed by atoms with van der Waals surface area (Å²) in [6.07, 6.45) is -0.476. The molecule has 2 unspecified atom stereocenters. The zero-order valence-corrected chi connectivity index (χ0v) is 18.3. The Morgan fingerprint density at radius 3 is 2.45 bits per heavy atom. The van der Waals surface area contributed by atoms with Gasteiger partial charge >= 0.3 is 0 Å². The third-order valence-electron chi connectivity index (χ3n) is 5.69.